The van der Waals surface area contributed by atoms with Gasteiger partial charge in [0.2, 0.25) is 0 Å². The SMILES string of the molecule is CC(CNC(=O)NC(C)(C)CC(=O)O)C1CC1. The van der Waals surface area contributed by atoms with E-state index in [1.54, 1.807) is 13.8 Å². The van der Waals surface area contributed by atoms with E-state index in [0.29, 0.717) is 12.5 Å². The van der Waals surface area contributed by atoms with Crippen LogP contribution >= 0.6 is 0 Å². The molecule has 0 aromatic carbocycles. The lowest BCUT2D eigenvalue weighted by molar-refractivity contribution is -0.138. The number of aliphatic carboxylic acids is 1. The lowest BCUT2D eigenvalue weighted by Crippen LogP contribution is -2.50. The van der Waals surface area contributed by atoms with Crippen molar-refractivity contribution in [3.63, 3.8) is 0 Å². The molecule has 0 aromatic heterocycles. The molecule has 1 fully saturated rings. The minimum atomic E-state index is -0.915. The molecule has 0 aromatic rings. The zero-order valence-electron chi connectivity index (χ0n) is 10.7. The van der Waals surface area contributed by atoms with Gasteiger partial charge in [0.05, 0.1) is 6.42 Å². The highest BCUT2D eigenvalue weighted by atomic mass is 16.4. The van der Waals surface area contributed by atoms with Crippen molar-refractivity contribution in [1.82, 2.24) is 10.6 Å². The van der Waals surface area contributed by atoms with E-state index >= 15 is 0 Å². The Labute approximate surface area is 102 Å². The third-order valence-electron chi connectivity index (χ3n) is 3.06. The van der Waals surface area contributed by atoms with Crippen LogP contribution in [0.1, 0.15) is 40.0 Å². The molecular formula is C12H22N2O3. The summed E-state index contributed by atoms with van der Waals surface area (Å²) in [6.07, 6.45) is 2.43. The fraction of sp³-hybridized carbons (Fsp3) is 0.833. The largest absolute Gasteiger partial charge is 0.481 e. The molecule has 98 valence electrons. The van der Waals surface area contributed by atoms with Gasteiger partial charge < -0.3 is 15.7 Å². The molecule has 5 nitrogen and oxygen atoms in total. The molecule has 1 atom stereocenters. The van der Waals surface area contributed by atoms with Crippen molar-refractivity contribution in [2.24, 2.45) is 11.8 Å². The van der Waals surface area contributed by atoms with Crippen LogP contribution in [0.5, 0.6) is 0 Å². The van der Waals surface area contributed by atoms with Crippen LogP contribution in [0.15, 0.2) is 0 Å². The molecular weight excluding hydrogens is 220 g/mol. The number of carboxylic acids is 1. The third kappa shape index (κ3) is 5.56. The van der Waals surface area contributed by atoms with E-state index in [0.717, 1.165) is 5.92 Å². The van der Waals surface area contributed by atoms with E-state index in [1.165, 1.54) is 12.8 Å². The summed E-state index contributed by atoms with van der Waals surface area (Å²) in [7, 11) is 0. The molecule has 1 aliphatic rings. The van der Waals surface area contributed by atoms with Gasteiger partial charge in [-0.05, 0) is 38.5 Å². The highest BCUT2D eigenvalue weighted by Gasteiger charge is 2.28. The normalized spacial score (nSPS) is 17.4. The van der Waals surface area contributed by atoms with Crippen molar-refractivity contribution in [3.05, 3.63) is 0 Å². The predicted octanol–water partition coefficient (Wildman–Crippen LogP) is 1.58. The van der Waals surface area contributed by atoms with E-state index in [-0.39, 0.29) is 12.5 Å². The molecule has 0 aliphatic heterocycles. The van der Waals surface area contributed by atoms with Crippen LogP contribution in [0.2, 0.25) is 0 Å². The highest BCUT2D eigenvalue weighted by Crippen LogP contribution is 2.35. The number of carbonyl (C=O) groups is 2. The van der Waals surface area contributed by atoms with Crippen LogP contribution in [0, 0.1) is 11.8 Å². The van der Waals surface area contributed by atoms with Crippen LogP contribution in [-0.4, -0.2) is 29.2 Å². The second-order valence-corrected chi connectivity index (χ2v) is 5.60. The lowest BCUT2D eigenvalue weighted by Gasteiger charge is -2.24. The molecule has 1 unspecified atom stereocenters. The molecule has 5 heteroatoms. The number of urea groups is 1. The summed E-state index contributed by atoms with van der Waals surface area (Å²) in [6, 6.07) is -0.288. The third-order valence-corrected chi connectivity index (χ3v) is 3.06. The number of nitrogens with one attached hydrogen (secondary N) is 2. The van der Waals surface area contributed by atoms with E-state index in [4.69, 9.17) is 5.11 Å². The van der Waals surface area contributed by atoms with Crippen LogP contribution in [0.25, 0.3) is 0 Å². The molecule has 0 radical (unpaired) electrons. The minimum Gasteiger partial charge on any atom is -0.481 e. The van der Waals surface area contributed by atoms with Gasteiger partial charge in [-0.1, -0.05) is 6.92 Å². The average Bonchev–Trinajstić information content (AvgIpc) is 2.93. The van der Waals surface area contributed by atoms with Gasteiger partial charge in [0.1, 0.15) is 0 Å². The van der Waals surface area contributed by atoms with Crippen LogP contribution in [0.4, 0.5) is 4.79 Å². The molecule has 2 amide bonds. The van der Waals surface area contributed by atoms with Gasteiger partial charge in [-0.2, -0.15) is 0 Å². The van der Waals surface area contributed by atoms with E-state index in [1.807, 2.05) is 0 Å². The fourth-order valence-electron chi connectivity index (χ4n) is 1.86. The molecule has 0 bridgehead atoms. The van der Waals surface area contributed by atoms with Crippen molar-refractivity contribution in [2.75, 3.05) is 6.54 Å². The van der Waals surface area contributed by atoms with Gasteiger partial charge in [-0.25, -0.2) is 4.79 Å². The topological polar surface area (TPSA) is 78.4 Å². The molecule has 1 saturated carbocycles. The van der Waals surface area contributed by atoms with Gasteiger partial charge in [0.25, 0.3) is 0 Å². The molecule has 1 aliphatic carbocycles. The number of hydrogen-bond donors (Lipinski definition) is 3. The zero-order valence-corrected chi connectivity index (χ0v) is 10.7. The Morgan fingerprint density at radius 1 is 1.41 bits per heavy atom. The van der Waals surface area contributed by atoms with Crippen LogP contribution < -0.4 is 10.6 Å². The first-order valence-electron chi connectivity index (χ1n) is 6.08. The van der Waals surface area contributed by atoms with Crippen LogP contribution in [0.3, 0.4) is 0 Å². The van der Waals surface area contributed by atoms with Gasteiger partial charge in [0.15, 0.2) is 0 Å². The number of carbonyl (C=O) groups excluding carboxylic acids is 1. The monoisotopic (exact) mass is 242 g/mol. The Morgan fingerprint density at radius 3 is 2.47 bits per heavy atom. The molecule has 1 rings (SSSR count). The maximum absolute atomic E-state index is 11.6. The summed E-state index contributed by atoms with van der Waals surface area (Å²) >= 11 is 0. The summed E-state index contributed by atoms with van der Waals surface area (Å²) < 4.78 is 0. The number of hydrogen-bond acceptors (Lipinski definition) is 2. The molecule has 17 heavy (non-hydrogen) atoms. The van der Waals surface area contributed by atoms with E-state index in [2.05, 4.69) is 17.6 Å². The van der Waals surface area contributed by atoms with Crippen molar-refractivity contribution in [1.29, 1.82) is 0 Å². The average molecular weight is 242 g/mol. The quantitative estimate of drug-likeness (QED) is 0.661. The van der Waals surface area contributed by atoms with Crippen molar-refractivity contribution in [3.8, 4) is 0 Å². The van der Waals surface area contributed by atoms with Crippen molar-refractivity contribution >= 4 is 12.0 Å². The maximum Gasteiger partial charge on any atom is 0.315 e. The number of amides is 2. The molecule has 3 N–H and O–H groups in total. The van der Waals surface area contributed by atoms with E-state index < -0.39 is 11.5 Å². The lowest BCUT2D eigenvalue weighted by atomic mass is 10.0. The first kappa shape index (κ1) is 13.8. The van der Waals surface area contributed by atoms with Crippen molar-refractivity contribution in [2.45, 2.75) is 45.6 Å². The summed E-state index contributed by atoms with van der Waals surface area (Å²) in [6.45, 7) is 6.18. The minimum absolute atomic E-state index is 0.0847. The smallest absolute Gasteiger partial charge is 0.315 e. The Hall–Kier alpha value is -1.26. The summed E-state index contributed by atoms with van der Waals surface area (Å²) in [4.78, 5) is 22.2. The maximum atomic E-state index is 11.6. The zero-order chi connectivity index (χ0) is 13.1. The molecule has 0 saturated heterocycles. The number of rotatable bonds is 6. The summed E-state index contributed by atoms with van der Waals surface area (Å²) in [5.74, 6) is 0.340. The Morgan fingerprint density at radius 2 is 2.00 bits per heavy atom. The molecule has 0 spiro atoms. The highest BCUT2D eigenvalue weighted by molar-refractivity contribution is 5.76. The van der Waals surface area contributed by atoms with Crippen LogP contribution in [-0.2, 0) is 4.79 Å². The first-order valence-corrected chi connectivity index (χ1v) is 6.08. The van der Waals surface area contributed by atoms with Gasteiger partial charge in [0, 0.05) is 12.1 Å². The first-order chi connectivity index (χ1) is 7.80. The Balaban J connectivity index is 2.25. The van der Waals surface area contributed by atoms with Gasteiger partial charge >= 0.3 is 12.0 Å². The Bertz CT molecular complexity index is 298. The molecule has 0 heterocycles. The van der Waals surface area contributed by atoms with E-state index in [9.17, 15) is 9.59 Å². The number of carboxylic acid groups (broad SMARTS) is 1. The second-order valence-electron chi connectivity index (χ2n) is 5.60. The summed E-state index contributed by atoms with van der Waals surface area (Å²) in [5, 5.41) is 14.2. The Kier molecular flexibility index (Phi) is 4.37. The second kappa shape index (κ2) is 5.38. The fourth-order valence-corrected chi connectivity index (χ4v) is 1.86. The van der Waals surface area contributed by atoms with Crippen molar-refractivity contribution < 1.29 is 14.7 Å². The summed E-state index contributed by atoms with van der Waals surface area (Å²) in [5.41, 5.74) is -0.723. The van der Waals surface area contributed by atoms with Gasteiger partial charge in [-0.3, -0.25) is 4.79 Å². The predicted molar refractivity (Wildman–Crippen MR) is 64.8 cm³/mol. The standard InChI is InChI=1S/C12H22N2O3/c1-8(9-4-5-9)7-13-11(17)14-12(2,3)6-10(15)16/h8-9H,4-7H2,1-3H3,(H,15,16)(H2,13,14,17). The van der Waals surface area contributed by atoms with Gasteiger partial charge in [-0.15, -0.1) is 0 Å².